The number of aryl methyl sites for hydroxylation is 1. The summed E-state index contributed by atoms with van der Waals surface area (Å²) < 4.78 is 24.3. The maximum atomic E-state index is 15.0. The fourth-order valence-electron chi connectivity index (χ4n) is 4.83. The van der Waals surface area contributed by atoms with Crippen LogP contribution in [-0.4, -0.2) is 25.5 Å². The Balaban J connectivity index is 1.63. The fourth-order valence-corrected chi connectivity index (χ4v) is 4.99. The van der Waals surface area contributed by atoms with Gasteiger partial charge in [-0.2, -0.15) is 0 Å². The van der Waals surface area contributed by atoms with Gasteiger partial charge in [0, 0.05) is 58.9 Å². The van der Waals surface area contributed by atoms with Crippen molar-refractivity contribution in [1.82, 2.24) is 18.9 Å². The van der Waals surface area contributed by atoms with Crippen molar-refractivity contribution in [3.05, 3.63) is 96.8 Å². The average Bonchev–Trinajstić information content (AvgIpc) is 2.87. The molecule has 192 valence electrons. The molecule has 1 aromatic carbocycles. The third-order valence-electron chi connectivity index (χ3n) is 7.08. The van der Waals surface area contributed by atoms with Crippen LogP contribution in [0.1, 0.15) is 67.3 Å². The van der Waals surface area contributed by atoms with Crippen LogP contribution in [-0.2, 0) is 4.74 Å². The van der Waals surface area contributed by atoms with Crippen LogP contribution in [0.25, 0.3) is 16.9 Å². The molecule has 7 nitrogen and oxygen atoms in total. The predicted octanol–water partition coefficient (Wildman–Crippen LogP) is 5.54. The molecular formula is C28H28ClFN4O3. The summed E-state index contributed by atoms with van der Waals surface area (Å²) in [5, 5.41) is 0.272. The highest BCUT2D eigenvalue weighted by Crippen LogP contribution is 2.38. The van der Waals surface area contributed by atoms with E-state index < -0.39 is 5.82 Å². The molecule has 0 radical (unpaired) electrons. The minimum absolute atomic E-state index is 0.0249. The predicted molar refractivity (Wildman–Crippen MR) is 141 cm³/mol. The van der Waals surface area contributed by atoms with Crippen molar-refractivity contribution in [3.63, 3.8) is 0 Å². The highest BCUT2D eigenvalue weighted by molar-refractivity contribution is 6.30. The van der Waals surface area contributed by atoms with Gasteiger partial charge in [-0.25, -0.2) is 14.4 Å². The van der Waals surface area contributed by atoms with E-state index in [4.69, 9.17) is 21.3 Å². The topological polar surface area (TPSA) is 78.5 Å². The summed E-state index contributed by atoms with van der Waals surface area (Å²) in [7, 11) is 0. The van der Waals surface area contributed by atoms with Crippen molar-refractivity contribution < 1.29 is 9.13 Å². The van der Waals surface area contributed by atoms with Gasteiger partial charge < -0.3 is 9.30 Å². The van der Waals surface area contributed by atoms with E-state index in [0.29, 0.717) is 47.7 Å². The number of nitrogens with zero attached hydrogens (tertiary/aromatic N) is 4. The maximum absolute atomic E-state index is 15.0. The second-order valence-electron chi connectivity index (χ2n) is 9.84. The standard InChI is InChI=1S/C28H28ClFN4O3/c1-15(2)33-13-19(5-8-25(33)35)24-11-18(9-10-37-24)23-14-34-27(31-17(4)16(3)28(34)36)26(32-23)21-7-6-20(29)12-22(21)30/h5-8,12-15,18,24H,9-11H2,1-4H3/t18-,24+/m1/s1. The first-order valence-electron chi connectivity index (χ1n) is 12.3. The number of ether oxygens (including phenoxy) is 1. The molecule has 0 bridgehead atoms. The molecule has 0 spiro atoms. The molecule has 1 aliphatic heterocycles. The van der Waals surface area contributed by atoms with E-state index in [1.807, 2.05) is 20.0 Å². The van der Waals surface area contributed by atoms with Crippen molar-refractivity contribution in [3.8, 4) is 11.3 Å². The van der Waals surface area contributed by atoms with Gasteiger partial charge in [0.2, 0.25) is 0 Å². The van der Waals surface area contributed by atoms with Crippen LogP contribution in [0, 0.1) is 19.7 Å². The molecule has 0 unspecified atom stereocenters. The van der Waals surface area contributed by atoms with Crippen LogP contribution in [0.5, 0.6) is 0 Å². The summed E-state index contributed by atoms with van der Waals surface area (Å²) in [6, 6.07) is 7.78. The molecule has 0 saturated carbocycles. The lowest BCUT2D eigenvalue weighted by Crippen LogP contribution is -2.25. The van der Waals surface area contributed by atoms with Gasteiger partial charge in [-0.3, -0.25) is 14.0 Å². The molecule has 5 rings (SSSR count). The van der Waals surface area contributed by atoms with Gasteiger partial charge >= 0.3 is 0 Å². The highest BCUT2D eigenvalue weighted by atomic mass is 35.5. The lowest BCUT2D eigenvalue weighted by Gasteiger charge is -2.30. The summed E-state index contributed by atoms with van der Waals surface area (Å²) in [4.78, 5) is 35.0. The smallest absolute Gasteiger partial charge is 0.261 e. The maximum Gasteiger partial charge on any atom is 0.261 e. The number of pyridine rings is 1. The van der Waals surface area contributed by atoms with Gasteiger partial charge in [-0.05, 0) is 70.4 Å². The van der Waals surface area contributed by atoms with Gasteiger partial charge in [0.1, 0.15) is 11.5 Å². The Morgan fingerprint density at radius 1 is 1.11 bits per heavy atom. The summed E-state index contributed by atoms with van der Waals surface area (Å²) in [6.45, 7) is 7.89. The summed E-state index contributed by atoms with van der Waals surface area (Å²) in [5.74, 6) is -0.586. The van der Waals surface area contributed by atoms with E-state index in [9.17, 15) is 9.59 Å². The molecule has 0 aliphatic carbocycles. The lowest BCUT2D eigenvalue weighted by atomic mass is 9.90. The Morgan fingerprint density at radius 3 is 2.62 bits per heavy atom. The Bertz CT molecular complexity index is 1630. The molecule has 0 amide bonds. The number of hydrogen-bond donors (Lipinski definition) is 0. The van der Waals surface area contributed by atoms with E-state index in [2.05, 4.69) is 4.98 Å². The first kappa shape index (κ1) is 25.3. The number of halogens is 2. The number of hydrogen-bond acceptors (Lipinski definition) is 5. The number of rotatable bonds is 4. The van der Waals surface area contributed by atoms with Crippen molar-refractivity contribution >= 4 is 17.2 Å². The van der Waals surface area contributed by atoms with E-state index >= 15 is 4.39 Å². The van der Waals surface area contributed by atoms with Crippen molar-refractivity contribution in [2.45, 2.75) is 58.6 Å². The summed E-state index contributed by atoms with van der Waals surface area (Å²) in [5.41, 5.74) is 3.21. The quantitative estimate of drug-likeness (QED) is 0.351. The van der Waals surface area contributed by atoms with Gasteiger partial charge in [-0.15, -0.1) is 0 Å². The second kappa shape index (κ2) is 9.84. The monoisotopic (exact) mass is 522 g/mol. The Labute approximate surface area is 218 Å². The third kappa shape index (κ3) is 4.71. The SMILES string of the molecule is Cc1nc2c(-c3ccc(Cl)cc3F)nc([C@@H]3CCO[C@H](c4ccc(=O)n(C(C)C)c4)C3)cn2c(=O)c1C. The number of fused-ring (bicyclic) bond motifs is 1. The largest absolute Gasteiger partial charge is 0.373 e. The Morgan fingerprint density at radius 2 is 1.89 bits per heavy atom. The van der Waals surface area contributed by atoms with Crippen molar-refractivity contribution in [2.75, 3.05) is 6.61 Å². The van der Waals surface area contributed by atoms with Gasteiger partial charge in [0.25, 0.3) is 11.1 Å². The van der Waals surface area contributed by atoms with Gasteiger partial charge in [0.15, 0.2) is 5.65 Å². The fraction of sp³-hybridized carbons (Fsp3) is 0.357. The minimum Gasteiger partial charge on any atom is -0.373 e. The molecular weight excluding hydrogens is 495 g/mol. The molecule has 37 heavy (non-hydrogen) atoms. The van der Waals surface area contributed by atoms with Crippen LogP contribution in [0.2, 0.25) is 5.02 Å². The molecule has 4 aromatic rings. The molecule has 0 N–H and O–H groups in total. The van der Waals surface area contributed by atoms with Crippen LogP contribution in [0.4, 0.5) is 4.39 Å². The Hall–Kier alpha value is -3.36. The van der Waals surface area contributed by atoms with E-state index in [0.717, 1.165) is 5.56 Å². The van der Waals surface area contributed by atoms with Crippen LogP contribution in [0.3, 0.4) is 0 Å². The summed E-state index contributed by atoms with van der Waals surface area (Å²) >= 11 is 6.00. The zero-order valence-corrected chi connectivity index (χ0v) is 21.9. The first-order chi connectivity index (χ1) is 17.6. The number of benzene rings is 1. The minimum atomic E-state index is -0.535. The summed E-state index contributed by atoms with van der Waals surface area (Å²) in [6.07, 6.45) is 4.62. The Kier molecular flexibility index (Phi) is 6.72. The highest BCUT2D eigenvalue weighted by Gasteiger charge is 2.28. The molecule has 2 atom stereocenters. The van der Waals surface area contributed by atoms with Crippen molar-refractivity contribution in [2.24, 2.45) is 0 Å². The van der Waals surface area contributed by atoms with Gasteiger partial charge in [0.05, 0.1) is 11.8 Å². The average molecular weight is 523 g/mol. The van der Waals surface area contributed by atoms with E-state index in [-0.39, 0.29) is 39.8 Å². The second-order valence-corrected chi connectivity index (χ2v) is 10.3. The molecule has 9 heteroatoms. The van der Waals surface area contributed by atoms with E-state index in [1.165, 1.54) is 10.5 Å². The molecule has 1 fully saturated rings. The normalized spacial score (nSPS) is 18.0. The van der Waals surface area contributed by atoms with Crippen molar-refractivity contribution in [1.29, 1.82) is 0 Å². The molecule has 1 saturated heterocycles. The van der Waals surface area contributed by atoms with Crippen LogP contribution < -0.4 is 11.1 Å². The zero-order valence-electron chi connectivity index (χ0n) is 21.2. The zero-order chi connectivity index (χ0) is 26.4. The van der Waals surface area contributed by atoms with Crippen LogP contribution >= 0.6 is 11.6 Å². The number of aromatic nitrogens is 4. The lowest BCUT2D eigenvalue weighted by molar-refractivity contribution is 0.00414. The molecule has 4 heterocycles. The van der Waals surface area contributed by atoms with E-state index in [1.54, 1.807) is 48.9 Å². The van der Waals surface area contributed by atoms with Gasteiger partial charge in [-0.1, -0.05) is 11.6 Å². The molecule has 3 aromatic heterocycles. The first-order valence-corrected chi connectivity index (χ1v) is 12.7. The third-order valence-corrected chi connectivity index (χ3v) is 7.31. The van der Waals surface area contributed by atoms with Crippen LogP contribution in [0.15, 0.2) is 52.3 Å². The molecule has 1 aliphatic rings.